The Kier molecular flexibility index (Phi) is 14.6. The number of aryl methyl sites for hydroxylation is 2. The molecular weight excluding hydrogens is 769 g/mol. The van der Waals surface area contributed by atoms with E-state index >= 15 is 0 Å². The Hall–Kier alpha value is -5.36. The van der Waals surface area contributed by atoms with Gasteiger partial charge in [0.15, 0.2) is 0 Å². The van der Waals surface area contributed by atoms with Gasteiger partial charge in [0, 0.05) is 10.8 Å². The fourth-order valence-electron chi connectivity index (χ4n) is 8.00. The van der Waals surface area contributed by atoms with Crippen molar-refractivity contribution >= 4 is 11.9 Å². The molecule has 2 unspecified atom stereocenters. The number of hydrogen-bond acceptors (Lipinski definition) is 6. The van der Waals surface area contributed by atoms with E-state index in [0.717, 1.165) is 52.0 Å². The summed E-state index contributed by atoms with van der Waals surface area (Å²) in [7, 11) is 0. The molecule has 0 saturated carbocycles. The van der Waals surface area contributed by atoms with Gasteiger partial charge in [-0.2, -0.15) is 0 Å². The SMILES string of the molecule is CCC(C(=O)Oc1ccc(C(C)(C)c2ccc(OC(C)(CC)CC)c(C)c2)cc1C)C(C)(C)Oc1ccc(C(C)(c2ccccc2)c2ccc(OC(=O)C(C)(C)CC)cc2)cc1. The Morgan fingerprint density at radius 3 is 1.45 bits per heavy atom. The lowest BCUT2D eigenvalue weighted by molar-refractivity contribution is -0.146. The molecule has 6 heteroatoms. The van der Waals surface area contributed by atoms with Gasteiger partial charge in [-0.15, -0.1) is 0 Å². The van der Waals surface area contributed by atoms with Gasteiger partial charge in [0.2, 0.25) is 0 Å². The van der Waals surface area contributed by atoms with Gasteiger partial charge in [0.1, 0.15) is 34.2 Å². The van der Waals surface area contributed by atoms with Crippen molar-refractivity contribution in [2.45, 2.75) is 145 Å². The van der Waals surface area contributed by atoms with Crippen molar-refractivity contribution in [1.29, 1.82) is 0 Å². The van der Waals surface area contributed by atoms with Crippen LogP contribution >= 0.6 is 0 Å². The molecule has 2 atom stereocenters. The Bertz CT molecular complexity index is 2300. The van der Waals surface area contributed by atoms with Crippen LogP contribution in [-0.2, 0) is 20.4 Å². The standard InChI is InChI=1S/C56H70O6/c1-15-47(50(57)60-48-34-28-43(36-38(48)5)53(9,10)44-29-35-49(39(6)37-44)62-55(13,17-3)18-4)54(11,12)61-46-32-26-42(27-33-46)56(14,40-22-20-19-21-23-40)41-24-30-45(31-25-41)59-51(58)52(7,8)16-2/h19-37,47H,15-18H2,1-14H3. The predicted octanol–water partition coefficient (Wildman–Crippen LogP) is 14.1. The first-order valence-electron chi connectivity index (χ1n) is 22.4. The minimum atomic E-state index is -0.870. The first-order chi connectivity index (χ1) is 29.1. The lowest BCUT2D eigenvalue weighted by Crippen LogP contribution is -2.43. The first-order valence-corrected chi connectivity index (χ1v) is 22.4. The number of carbonyl (C=O) groups excluding carboxylic acids is 2. The fourth-order valence-corrected chi connectivity index (χ4v) is 8.00. The highest BCUT2D eigenvalue weighted by molar-refractivity contribution is 5.78. The van der Waals surface area contributed by atoms with Crippen LogP contribution in [0.2, 0.25) is 0 Å². The highest BCUT2D eigenvalue weighted by Crippen LogP contribution is 2.42. The number of carbonyl (C=O) groups is 2. The number of ether oxygens (including phenoxy) is 4. The average Bonchev–Trinajstić information content (AvgIpc) is 3.25. The Morgan fingerprint density at radius 1 is 0.516 bits per heavy atom. The molecule has 5 rings (SSSR count). The Labute approximate surface area is 372 Å². The zero-order valence-corrected chi connectivity index (χ0v) is 39.8. The molecule has 0 fully saturated rings. The number of benzene rings is 5. The molecule has 0 radical (unpaired) electrons. The molecular formula is C56H70O6. The summed E-state index contributed by atoms with van der Waals surface area (Å²) in [5, 5.41) is 0. The topological polar surface area (TPSA) is 71.1 Å². The van der Waals surface area contributed by atoms with E-state index in [-0.39, 0.29) is 23.0 Å². The number of esters is 2. The van der Waals surface area contributed by atoms with Crippen molar-refractivity contribution in [3.8, 4) is 23.0 Å². The maximum absolute atomic E-state index is 14.0. The fraction of sp³-hybridized carbons (Fsp3) is 0.429. The van der Waals surface area contributed by atoms with E-state index in [9.17, 15) is 9.59 Å². The van der Waals surface area contributed by atoms with Crippen LogP contribution in [0.3, 0.4) is 0 Å². The van der Waals surface area contributed by atoms with Crippen molar-refractivity contribution in [2.75, 3.05) is 0 Å². The summed E-state index contributed by atoms with van der Waals surface area (Å²) < 4.78 is 25.0. The largest absolute Gasteiger partial charge is 0.487 e. The lowest BCUT2D eigenvalue weighted by Gasteiger charge is -2.34. The summed E-state index contributed by atoms with van der Waals surface area (Å²) in [6.45, 7) is 28.9. The van der Waals surface area contributed by atoms with Crippen molar-refractivity contribution < 1.29 is 28.5 Å². The summed E-state index contributed by atoms with van der Waals surface area (Å²) in [5.41, 5.74) is 5.11. The second-order valence-corrected chi connectivity index (χ2v) is 19.1. The molecule has 0 N–H and O–H groups in total. The average molecular weight is 839 g/mol. The molecule has 0 aliphatic heterocycles. The van der Waals surface area contributed by atoms with Crippen LogP contribution < -0.4 is 18.9 Å². The van der Waals surface area contributed by atoms with Gasteiger partial charge < -0.3 is 18.9 Å². The van der Waals surface area contributed by atoms with Gasteiger partial charge in [-0.1, -0.05) is 120 Å². The molecule has 5 aromatic carbocycles. The van der Waals surface area contributed by atoms with Gasteiger partial charge in [0.05, 0.1) is 11.3 Å². The van der Waals surface area contributed by atoms with E-state index < -0.39 is 22.3 Å². The molecule has 0 bridgehead atoms. The molecule has 0 heterocycles. The minimum absolute atomic E-state index is 0.190. The molecule has 0 aliphatic carbocycles. The summed E-state index contributed by atoms with van der Waals surface area (Å²) in [6.07, 6.45) is 3.11. The van der Waals surface area contributed by atoms with Crippen molar-refractivity contribution in [3.05, 3.63) is 154 Å². The lowest BCUT2D eigenvalue weighted by atomic mass is 9.71. The highest BCUT2D eigenvalue weighted by atomic mass is 16.5. The summed E-state index contributed by atoms with van der Waals surface area (Å²) in [6, 6.07) is 38.8. The van der Waals surface area contributed by atoms with Crippen LogP contribution in [0.1, 0.15) is 148 Å². The molecule has 6 nitrogen and oxygen atoms in total. The van der Waals surface area contributed by atoms with Gasteiger partial charge in [-0.3, -0.25) is 9.59 Å². The van der Waals surface area contributed by atoms with Gasteiger partial charge in [-0.05, 0) is 156 Å². The quantitative estimate of drug-likeness (QED) is 0.0497. The van der Waals surface area contributed by atoms with Crippen LogP contribution in [0.5, 0.6) is 23.0 Å². The van der Waals surface area contributed by atoms with Gasteiger partial charge in [0.25, 0.3) is 0 Å². The molecule has 0 spiro atoms. The minimum Gasteiger partial charge on any atom is -0.487 e. The summed E-state index contributed by atoms with van der Waals surface area (Å²) in [4.78, 5) is 26.7. The van der Waals surface area contributed by atoms with E-state index in [2.05, 4.69) is 103 Å². The van der Waals surface area contributed by atoms with E-state index in [1.165, 1.54) is 5.56 Å². The molecule has 330 valence electrons. The van der Waals surface area contributed by atoms with Gasteiger partial charge >= 0.3 is 11.9 Å². The van der Waals surface area contributed by atoms with Crippen molar-refractivity contribution in [2.24, 2.45) is 11.3 Å². The second kappa shape index (κ2) is 18.9. The van der Waals surface area contributed by atoms with Crippen LogP contribution in [0.25, 0.3) is 0 Å². The number of hydrogen-bond donors (Lipinski definition) is 0. The Balaban J connectivity index is 1.31. The van der Waals surface area contributed by atoms with E-state index in [4.69, 9.17) is 18.9 Å². The number of rotatable bonds is 18. The van der Waals surface area contributed by atoms with Crippen LogP contribution in [0, 0.1) is 25.2 Å². The molecule has 0 aromatic heterocycles. The van der Waals surface area contributed by atoms with Gasteiger partial charge in [-0.25, -0.2) is 0 Å². The molecule has 0 saturated heterocycles. The van der Waals surface area contributed by atoms with E-state index in [1.54, 1.807) is 0 Å². The monoisotopic (exact) mass is 839 g/mol. The third-order valence-electron chi connectivity index (χ3n) is 13.6. The van der Waals surface area contributed by atoms with Crippen LogP contribution in [-0.4, -0.2) is 23.1 Å². The third kappa shape index (κ3) is 10.3. The van der Waals surface area contributed by atoms with Crippen LogP contribution in [0.4, 0.5) is 0 Å². The first kappa shape index (κ1) is 47.7. The van der Waals surface area contributed by atoms with Crippen molar-refractivity contribution in [3.63, 3.8) is 0 Å². The maximum atomic E-state index is 14.0. The van der Waals surface area contributed by atoms with Crippen LogP contribution in [0.15, 0.2) is 115 Å². The smallest absolute Gasteiger partial charge is 0.318 e. The third-order valence-corrected chi connectivity index (χ3v) is 13.6. The van der Waals surface area contributed by atoms with E-state index in [0.29, 0.717) is 30.1 Å². The highest BCUT2D eigenvalue weighted by Gasteiger charge is 2.39. The normalized spacial score (nSPS) is 13.8. The van der Waals surface area contributed by atoms with Crippen molar-refractivity contribution in [1.82, 2.24) is 0 Å². The molecule has 0 aliphatic rings. The molecule has 62 heavy (non-hydrogen) atoms. The predicted molar refractivity (Wildman–Crippen MR) is 253 cm³/mol. The zero-order chi connectivity index (χ0) is 45.7. The van der Waals surface area contributed by atoms with E-state index in [1.807, 2.05) is 109 Å². The molecule has 0 amide bonds. The molecule has 5 aromatic rings. The zero-order valence-electron chi connectivity index (χ0n) is 39.8. The second-order valence-electron chi connectivity index (χ2n) is 19.1. The summed E-state index contributed by atoms with van der Waals surface area (Å²) >= 11 is 0. The Morgan fingerprint density at radius 2 is 0.984 bits per heavy atom. The maximum Gasteiger partial charge on any atom is 0.318 e. The summed E-state index contributed by atoms with van der Waals surface area (Å²) in [5.74, 6) is 1.54.